The first-order chi connectivity index (χ1) is 7.49. The molecule has 0 fully saturated rings. The third kappa shape index (κ3) is 2.30. The van der Waals surface area contributed by atoms with Crippen LogP contribution in [0.5, 0.6) is 0 Å². The predicted molar refractivity (Wildman–Crippen MR) is 60.2 cm³/mol. The summed E-state index contributed by atoms with van der Waals surface area (Å²) in [7, 11) is 3.46. The SMILES string of the molecule is CN(C)c1cccc(F)c1C(CN)C(=O)O. The molecule has 0 aromatic heterocycles. The molecule has 0 radical (unpaired) electrons. The lowest BCUT2D eigenvalue weighted by molar-refractivity contribution is -0.138. The van der Waals surface area contributed by atoms with Gasteiger partial charge in [0.1, 0.15) is 5.82 Å². The summed E-state index contributed by atoms with van der Waals surface area (Å²) in [5, 5.41) is 8.99. The first-order valence-electron chi connectivity index (χ1n) is 4.87. The maximum atomic E-state index is 13.7. The molecule has 4 nitrogen and oxygen atoms in total. The highest BCUT2D eigenvalue weighted by molar-refractivity contribution is 5.79. The van der Waals surface area contributed by atoms with Crippen LogP contribution in [-0.4, -0.2) is 31.7 Å². The average molecular weight is 226 g/mol. The van der Waals surface area contributed by atoms with Gasteiger partial charge < -0.3 is 15.7 Å². The van der Waals surface area contributed by atoms with Crippen LogP contribution in [0.15, 0.2) is 18.2 Å². The summed E-state index contributed by atoms with van der Waals surface area (Å²) in [6.07, 6.45) is 0. The maximum absolute atomic E-state index is 13.7. The highest BCUT2D eigenvalue weighted by Crippen LogP contribution is 2.28. The zero-order valence-corrected chi connectivity index (χ0v) is 9.27. The minimum Gasteiger partial charge on any atom is -0.481 e. The molecule has 0 heterocycles. The van der Waals surface area contributed by atoms with Crippen LogP contribution >= 0.6 is 0 Å². The fraction of sp³-hybridized carbons (Fsp3) is 0.364. The summed E-state index contributed by atoms with van der Waals surface area (Å²) in [5.74, 6) is -2.67. The first-order valence-corrected chi connectivity index (χ1v) is 4.87. The van der Waals surface area contributed by atoms with Gasteiger partial charge in [-0.05, 0) is 12.1 Å². The van der Waals surface area contributed by atoms with E-state index in [-0.39, 0.29) is 12.1 Å². The molecule has 0 bridgehead atoms. The molecular formula is C11H15FN2O2. The molecule has 16 heavy (non-hydrogen) atoms. The van der Waals surface area contributed by atoms with E-state index in [1.165, 1.54) is 6.07 Å². The summed E-state index contributed by atoms with van der Waals surface area (Å²) < 4.78 is 13.7. The standard InChI is InChI=1S/C11H15FN2O2/c1-14(2)9-5-3-4-8(12)10(9)7(6-13)11(15)16/h3-5,7H,6,13H2,1-2H3,(H,15,16). The van der Waals surface area contributed by atoms with E-state index >= 15 is 0 Å². The van der Waals surface area contributed by atoms with Crippen LogP contribution in [0.3, 0.4) is 0 Å². The van der Waals surface area contributed by atoms with E-state index in [1.54, 1.807) is 31.1 Å². The van der Waals surface area contributed by atoms with Crippen molar-refractivity contribution in [1.29, 1.82) is 0 Å². The summed E-state index contributed by atoms with van der Waals surface area (Å²) in [6.45, 7) is -0.128. The molecule has 3 N–H and O–H groups in total. The van der Waals surface area contributed by atoms with Crippen molar-refractivity contribution < 1.29 is 14.3 Å². The number of aliphatic carboxylic acids is 1. The van der Waals surface area contributed by atoms with Gasteiger partial charge in [-0.2, -0.15) is 0 Å². The van der Waals surface area contributed by atoms with Crippen molar-refractivity contribution in [2.24, 2.45) is 5.73 Å². The molecule has 1 aromatic carbocycles. The lowest BCUT2D eigenvalue weighted by Crippen LogP contribution is -2.25. The van der Waals surface area contributed by atoms with E-state index in [1.807, 2.05) is 0 Å². The predicted octanol–water partition coefficient (Wildman–Crippen LogP) is 1.02. The molecule has 0 aliphatic rings. The Bertz CT molecular complexity index is 394. The Morgan fingerprint density at radius 3 is 2.62 bits per heavy atom. The van der Waals surface area contributed by atoms with E-state index in [4.69, 9.17) is 10.8 Å². The Morgan fingerprint density at radius 1 is 1.56 bits per heavy atom. The fourth-order valence-corrected chi connectivity index (χ4v) is 1.60. The van der Waals surface area contributed by atoms with Crippen LogP contribution in [0.4, 0.5) is 10.1 Å². The number of benzene rings is 1. The van der Waals surface area contributed by atoms with Crippen LogP contribution in [0.2, 0.25) is 0 Å². The van der Waals surface area contributed by atoms with Gasteiger partial charge in [0, 0.05) is 31.9 Å². The van der Waals surface area contributed by atoms with Crippen molar-refractivity contribution in [2.75, 3.05) is 25.5 Å². The number of hydrogen-bond donors (Lipinski definition) is 2. The molecule has 0 saturated heterocycles. The van der Waals surface area contributed by atoms with E-state index in [0.29, 0.717) is 5.69 Å². The Labute approximate surface area is 93.5 Å². The van der Waals surface area contributed by atoms with Gasteiger partial charge in [-0.3, -0.25) is 4.79 Å². The zero-order chi connectivity index (χ0) is 12.3. The topological polar surface area (TPSA) is 66.6 Å². The van der Waals surface area contributed by atoms with E-state index in [9.17, 15) is 9.18 Å². The van der Waals surface area contributed by atoms with Crippen LogP contribution in [0, 0.1) is 5.82 Å². The fourth-order valence-electron chi connectivity index (χ4n) is 1.60. The third-order valence-corrected chi connectivity index (χ3v) is 2.39. The number of nitrogens with two attached hydrogens (primary N) is 1. The van der Waals surface area contributed by atoms with Crippen LogP contribution in [0.1, 0.15) is 11.5 Å². The van der Waals surface area contributed by atoms with Crippen molar-refractivity contribution in [3.05, 3.63) is 29.6 Å². The quantitative estimate of drug-likeness (QED) is 0.804. The summed E-state index contributed by atoms with van der Waals surface area (Å²) in [4.78, 5) is 12.7. The Morgan fingerprint density at radius 2 is 2.19 bits per heavy atom. The molecular weight excluding hydrogens is 211 g/mol. The summed E-state index contributed by atoms with van der Waals surface area (Å²) in [5.41, 5.74) is 6.06. The summed E-state index contributed by atoms with van der Waals surface area (Å²) >= 11 is 0. The van der Waals surface area contributed by atoms with Crippen molar-refractivity contribution in [3.63, 3.8) is 0 Å². The monoisotopic (exact) mass is 226 g/mol. The molecule has 0 saturated carbocycles. The highest BCUT2D eigenvalue weighted by Gasteiger charge is 2.25. The second-order valence-corrected chi connectivity index (χ2v) is 3.69. The largest absolute Gasteiger partial charge is 0.481 e. The summed E-state index contributed by atoms with van der Waals surface area (Å²) in [6, 6.07) is 4.46. The van der Waals surface area contributed by atoms with E-state index in [0.717, 1.165) is 0 Å². The second-order valence-electron chi connectivity index (χ2n) is 3.69. The molecule has 0 aliphatic heterocycles. The van der Waals surface area contributed by atoms with Gasteiger partial charge in [0.05, 0.1) is 5.92 Å². The number of hydrogen-bond acceptors (Lipinski definition) is 3. The van der Waals surface area contributed by atoms with Gasteiger partial charge in [-0.25, -0.2) is 4.39 Å². The number of halogens is 1. The van der Waals surface area contributed by atoms with Crippen LogP contribution in [0.25, 0.3) is 0 Å². The van der Waals surface area contributed by atoms with Crippen LogP contribution in [-0.2, 0) is 4.79 Å². The van der Waals surface area contributed by atoms with Gasteiger partial charge in [-0.1, -0.05) is 6.07 Å². The lowest BCUT2D eigenvalue weighted by atomic mass is 9.96. The van der Waals surface area contributed by atoms with Gasteiger partial charge in [0.2, 0.25) is 0 Å². The molecule has 0 amide bonds. The Hall–Kier alpha value is -1.62. The molecule has 0 spiro atoms. The number of carboxylic acids is 1. The van der Waals surface area contributed by atoms with Gasteiger partial charge in [0.25, 0.3) is 0 Å². The lowest BCUT2D eigenvalue weighted by Gasteiger charge is -2.21. The van der Waals surface area contributed by atoms with Gasteiger partial charge in [-0.15, -0.1) is 0 Å². The maximum Gasteiger partial charge on any atom is 0.312 e. The number of carboxylic acid groups (broad SMARTS) is 1. The van der Waals surface area contributed by atoms with E-state index in [2.05, 4.69) is 0 Å². The highest BCUT2D eigenvalue weighted by atomic mass is 19.1. The molecule has 1 rings (SSSR count). The Balaban J connectivity index is 3.34. The third-order valence-electron chi connectivity index (χ3n) is 2.39. The molecule has 1 aromatic rings. The van der Waals surface area contributed by atoms with Crippen molar-refractivity contribution in [2.45, 2.75) is 5.92 Å². The minimum absolute atomic E-state index is 0.128. The Kier molecular flexibility index (Phi) is 3.84. The number of rotatable bonds is 4. The number of carbonyl (C=O) groups is 1. The van der Waals surface area contributed by atoms with Crippen molar-refractivity contribution >= 4 is 11.7 Å². The average Bonchev–Trinajstić information content (AvgIpc) is 2.20. The smallest absolute Gasteiger partial charge is 0.312 e. The number of nitrogens with zero attached hydrogens (tertiary/aromatic N) is 1. The minimum atomic E-state index is -1.12. The first kappa shape index (κ1) is 12.4. The molecule has 0 aliphatic carbocycles. The van der Waals surface area contributed by atoms with Crippen LogP contribution < -0.4 is 10.6 Å². The second kappa shape index (κ2) is 4.94. The van der Waals surface area contributed by atoms with Crippen molar-refractivity contribution in [1.82, 2.24) is 0 Å². The molecule has 1 unspecified atom stereocenters. The van der Waals surface area contributed by atoms with Gasteiger partial charge >= 0.3 is 5.97 Å². The number of anilines is 1. The molecule has 5 heteroatoms. The normalized spacial score (nSPS) is 12.2. The van der Waals surface area contributed by atoms with Gasteiger partial charge in [0.15, 0.2) is 0 Å². The van der Waals surface area contributed by atoms with Crippen molar-refractivity contribution in [3.8, 4) is 0 Å². The molecule has 1 atom stereocenters. The zero-order valence-electron chi connectivity index (χ0n) is 9.27. The molecule has 88 valence electrons. The van der Waals surface area contributed by atoms with E-state index < -0.39 is 17.7 Å².